The number of piperazine rings is 1. The maximum Gasteiger partial charge on any atom is 0.333 e. The topological polar surface area (TPSA) is 118 Å². The first-order valence-electron chi connectivity index (χ1n) is 14.6. The summed E-state index contributed by atoms with van der Waals surface area (Å²) in [6.45, 7) is 8.78. The molecule has 2 aromatic carbocycles. The highest BCUT2D eigenvalue weighted by molar-refractivity contribution is 7.89. The summed E-state index contributed by atoms with van der Waals surface area (Å²) in [5, 5.41) is 3.27. The molecule has 5 rings (SSSR count). The molecule has 0 radical (unpaired) electrons. The Labute approximate surface area is 247 Å². The number of aromatic nitrogens is 2. The molecule has 11 nitrogen and oxygen atoms in total. The van der Waals surface area contributed by atoms with Crippen LogP contribution in [-0.4, -0.2) is 93.1 Å². The van der Waals surface area contributed by atoms with Crippen LogP contribution in [0.25, 0.3) is 16.9 Å². The fraction of sp³-hybridized carbons (Fsp3) is 0.467. The molecule has 1 amide bonds. The third-order valence-electron chi connectivity index (χ3n) is 7.47. The van der Waals surface area contributed by atoms with E-state index in [9.17, 15) is 18.0 Å². The minimum atomic E-state index is -3.53. The second kappa shape index (κ2) is 13.2. The van der Waals surface area contributed by atoms with Crippen LogP contribution in [-0.2, 0) is 21.3 Å². The van der Waals surface area contributed by atoms with Gasteiger partial charge in [0.05, 0.1) is 30.3 Å². The second-order valence-corrected chi connectivity index (χ2v) is 12.9. The van der Waals surface area contributed by atoms with Crippen LogP contribution in [0.4, 0.5) is 5.69 Å². The van der Waals surface area contributed by atoms with E-state index >= 15 is 0 Å². The van der Waals surface area contributed by atoms with Gasteiger partial charge in [-0.15, -0.1) is 0 Å². The molecule has 2 N–H and O–H groups in total. The van der Waals surface area contributed by atoms with E-state index in [1.165, 1.54) is 4.57 Å². The van der Waals surface area contributed by atoms with E-state index in [4.69, 9.17) is 4.74 Å². The third kappa shape index (κ3) is 6.78. The van der Waals surface area contributed by atoms with E-state index in [0.29, 0.717) is 50.8 Å². The maximum atomic E-state index is 14.3. The number of anilines is 1. The molecule has 0 saturated carbocycles. The Hall–Kier alpha value is -3.45. The van der Waals surface area contributed by atoms with Crippen LogP contribution in [0, 0.1) is 5.92 Å². The van der Waals surface area contributed by atoms with Gasteiger partial charge >= 0.3 is 5.69 Å². The van der Waals surface area contributed by atoms with Crippen molar-refractivity contribution in [3.05, 3.63) is 70.8 Å². The minimum absolute atomic E-state index is 0.0111. The molecule has 2 aliphatic heterocycles. The van der Waals surface area contributed by atoms with Gasteiger partial charge in [0.15, 0.2) is 0 Å². The number of carbonyl (C=O) groups is 1. The summed E-state index contributed by atoms with van der Waals surface area (Å²) in [6, 6.07) is 17.2. The van der Waals surface area contributed by atoms with Gasteiger partial charge in [0, 0.05) is 63.6 Å². The number of imidazole rings is 1. The molecule has 2 aliphatic rings. The normalized spacial score (nSPS) is 16.3. The molecular weight excluding hydrogens is 556 g/mol. The molecule has 2 saturated heterocycles. The predicted octanol–water partition coefficient (Wildman–Crippen LogP) is 1.76. The molecule has 42 heavy (non-hydrogen) atoms. The lowest BCUT2D eigenvalue weighted by molar-refractivity contribution is 0.0725. The lowest BCUT2D eigenvalue weighted by Crippen LogP contribution is -2.47. The molecule has 0 bridgehead atoms. The lowest BCUT2D eigenvalue weighted by Gasteiger charge is -2.29. The monoisotopic (exact) mass is 596 g/mol. The van der Waals surface area contributed by atoms with E-state index in [0.717, 1.165) is 24.3 Å². The first-order valence-corrected chi connectivity index (χ1v) is 16.2. The molecule has 12 heteroatoms. The van der Waals surface area contributed by atoms with Crippen LogP contribution in [0.1, 0.15) is 24.3 Å². The zero-order valence-electron chi connectivity index (χ0n) is 24.3. The summed E-state index contributed by atoms with van der Waals surface area (Å²) in [5.74, 6) is -0.306. The standard InChI is InChI=1S/C30H40N6O5S/c1-23(2)22-42(39,40)32-13-16-35-28(29(37)34-14-11-31-12-15-34)27(24-7-4-3-5-8-24)36(30(35)38)26-10-6-9-25(21-26)33-17-19-41-20-18-33/h3-10,21,23,31-32H,11-20,22H2,1-2H3. The van der Waals surface area contributed by atoms with Gasteiger partial charge in [-0.25, -0.2) is 17.9 Å². The Balaban J connectivity index is 1.64. The summed E-state index contributed by atoms with van der Waals surface area (Å²) < 4.78 is 36.3. The van der Waals surface area contributed by atoms with Crippen LogP contribution in [0.3, 0.4) is 0 Å². The molecular formula is C30H40N6O5S. The molecule has 2 fully saturated rings. The molecule has 3 aromatic rings. The Morgan fingerprint density at radius 1 is 0.976 bits per heavy atom. The fourth-order valence-corrected chi connectivity index (χ4v) is 6.95. The number of benzene rings is 2. The van der Waals surface area contributed by atoms with Gasteiger partial charge in [-0.3, -0.25) is 13.9 Å². The number of amides is 1. The van der Waals surface area contributed by atoms with Crippen molar-refractivity contribution < 1.29 is 17.9 Å². The van der Waals surface area contributed by atoms with Gasteiger partial charge in [-0.1, -0.05) is 50.2 Å². The zero-order chi connectivity index (χ0) is 29.7. The highest BCUT2D eigenvalue weighted by Gasteiger charge is 2.31. The molecule has 1 aromatic heterocycles. The Kier molecular flexibility index (Phi) is 9.47. The molecule has 0 atom stereocenters. The number of hydrogen-bond donors (Lipinski definition) is 2. The van der Waals surface area contributed by atoms with Crippen molar-refractivity contribution in [2.24, 2.45) is 5.92 Å². The Morgan fingerprint density at radius 2 is 1.67 bits per heavy atom. The van der Waals surface area contributed by atoms with Crippen molar-refractivity contribution in [1.82, 2.24) is 24.1 Å². The summed E-state index contributed by atoms with van der Waals surface area (Å²) >= 11 is 0. The number of rotatable bonds is 10. The lowest BCUT2D eigenvalue weighted by atomic mass is 10.1. The van der Waals surface area contributed by atoms with Crippen LogP contribution >= 0.6 is 0 Å². The summed E-state index contributed by atoms with van der Waals surface area (Å²) in [6.07, 6.45) is 0. The molecule has 0 unspecified atom stereocenters. The van der Waals surface area contributed by atoms with E-state index in [1.54, 1.807) is 9.47 Å². The average molecular weight is 597 g/mol. The van der Waals surface area contributed by atoms with E-state index in [2.05, 4.69) is 14.9 Å². The summed E-state index contributed by atoms with van der Waals surface area (Å²) in [7, 11) is -3.53. The largest absolute Gasteiger partial charge is 0.378 e. The van der Waals surface area contributed by atoms with Gasteiger partial charge < -0.3 is 19.9 Å². The van der Waals surface area contributed by atoms with E-state index < -0.39 is 15.7 Å². The Bertz CT molecular complexity index is 1540. The van der Waals surface area contributed by atoms with E-state index in [-0.39, 0.29) is 36.4 Å². The Morgan fingerprint density at radius 3 is 2.36 bits per heavy atom. The van der Waals surface area contributed by atoms with Crippen molar-refractivity contribution >= 4 is 21.6 Å². The highest BCUT2D eigenvalue weighted by atomic mass is 32.2. The number of nitrogens with one attached hydrogen (secondary N) is 2. The first kappa shape index (κ1) is 30.0. The fourth-order valence-electron chi connectivity index (χ4n) is 5.55. The van der Waals surface area contributed by atoms with Crippen molar-refractivity contribution in [1.29, 1.82) is 0 Å². The van der Waals surface area contributed by atoms with Crippen molar-refractivity contribution in [2.45, 2.75) is 20.4 Å². The number of ether oxygens (including phenoxy) is 1. The van der Waals surface area contributed by atoms with Gasteiger partial charge in [0.25, 0.3) is 5.91 Å². The molecule has 3 heterocycles. The number of sulfonamides is 1. The number of carbonyl (C=O) groups excluding carboxylic acids is 1. The van der Waals surface area contributed by atoms with Crippen molar-refractivity contribution in [3.63, 3.8) is 0 Å². The second-order valence-electron chi connectivity index (χ2n) is 11.1. The molecule has 0 spiro atoms. The van der Waals surface area contributed by atoms with Gasteiger partial charge in [0.1, 0.15) is 5.69 Å². The zero-order valence-corrected chi connectivity index (χ0v) is 25.1. The van der Waals surface area contributed by atoms with Crippen LogP contribution in [0.15, 0.2) is 59.4 Å². The summed E-state index contributed by atoms with van der Waals surface area (Å²) in [4.78, 5) is 32.5. The number of nitrogens with zero attached hydrogens (tertiary/aromatic N) is 4. The predicted molar refractivity (Wildman–Crippen MR) is 164 cm³/mol. The van der Waals surface area contributed by atoms with Gasteiger partial charge in [0.2, 0.25) is 10.0 Å². The van der Waals surface area contributed by atoms with Crippen molar-refractivity contribution in [2.75, 3.05) is 69.7 Å². The maximum absolute atomic E-state index is 14.3. The minimum Gasteiger partial charge on any atom is -0.378 e. The van der Waals surface area contributed by atoms with Crippen LogP contribution in [0.5, 0.6) is 0 Å². The quantitative estimate of drug-likeness (QED) is 0.366. The smallest absolute Gasteiger partial charge is 0.333 e. The van der Waals surface area contributed by atoms with Gasteiger partial charge in [-0.2, -0.15) is 0 Å². The SMILES string of the molecule is CC(C)CS(=O)(=O)NCCn1c(C(=O)N2CCNCC2)c(-c2ccccc2)n(-c2cccc(N3CCOCC3)c2)c1=O. The average Bonchev–Trinajstić information content (AvgIpc) is 3.29. The van der Waals surface area contributed by atoms with E-state index in [1.807, 2.05) is 68.4 Å². The van der Waals surface area contributed by atoms with Crippen LogP contribution < -0.4 is 20.6 Å². The number of hydrogen-bond acceptors (Lipinski definition) is 7. The van der Waals surface area contributed by atoms with Gasteiger partial charge in [-0.05, 0) is 24.1 Å². The summed E-state index contributed by atoms with van der Waals surface area (Å²) in [5.41, 5.74) is 2.68. The molecule has 226 valence electrons. The van der Waals surface area contributed by atoms with Crippen molar-refractivity contribution in [3.8, 4) is 16.9 Å². The molecule has 0 aliphatic carbocycles. The third-order valence-corrected chi connectivity index (χ3v) is 9.22. The first-order chi connectivity index (χ1) is 20.2. The van der Waals surface area contributed by atoms with Crippen LogP contribution in [0.2, 0.25) is 0 Å². The number of morpholine rings is 1. The highest BCUT2D eigenvalue weighted by Crippen LogP contribution is 2.29.